The van der Waals surface area contributed by atoms with Gasteiger partial charge < -0.3 is 10.4 Å². The van der Waals surface area contributed by atoms with Crippen LogP contribution in [-0.4, -0.2) is 38.6 Å². The molecule has 0 spiro atoms. The lowest BCUT2D eigenvalue weighted by atomic mass is 10.2. The van der Waals surface area contributed by atoms with Crippen LogP contribution in [0.1, 0.15) is 11.4 Å². The molecule has 27 heavy (non-hydrogen) atoms. The third kappa shape index (κ3) is 6.51. The van der Waals surface area contributed by atoms with Gasteiger partial charge in [-0.2, -0.15) is 18.3 Å². The fourth-order valence-corrected chi connectivity index (χ4v) is 1.88. The molecule has 1 heterocycles. The molecule has 148 valence electrons. The van der Waals surface area contributed by atoms with Crippen LogP contribution >= 0.6 is 11.6 Å². The van der Waals surface area contributed by atoms with Crippen LogP contribution in [0.15, 0.2) is 24.3 Å². The summed E-state index contributed by atoms with van der Waals surface area (Å²) in [5.74, 6) is -4.38. The lowest BCUT2D eigenvalue weighted by Gasteiger charge is -2.09. The summed E-state index contributed by atoms with van der Waals surface area (Å²) in [7, 11) is 0. The fraction of sp³-hybridized carbons (Fsp3) is 0.267. The summed E-state index contributed by atoms with van der Waals surface area (Å²) in [6.45, 7) is 3.61. The van der Waals surface area contributed by atoms with E-state index in [1.807, 2.05) is 6.07 Å². The zero-order valence-corrected chi connectivity index (χ0v) is 14.6. The SMILES string of the molecule is Cc1cc(C)n(-c2ccc(NC(=O)C(F)Cl)cc2F)n1.O=C(O)C(F)(F)F. The average Bonchev–Trinajstić information content (AvgIpc) is 2.85. The highest BCUT2D eigenvalue weighted by Crippen LogP contribution is 2.20. The Morgan fingerprint density at radius 3 is 2.19 bits per heavy atom. The Hall–Kier alpha value is -2.69. The molecule has 0 bridgehead atoms. The minimum Gasteiger partial charge on any atom is -0.475 e. The van der Waals surface area contributed by atoms with E-state index in [4.69, 9.17) is 21.5 Å². The molecule has 1 atom stereocenters. The monoisotopic (exact) mass is 413 g/mol. The fourth-order valence-electron chi connectivity index (χ4n) is 1.83. The third-order valence-electron chi connectivity index (χ3n) is 2.89. The number of hydrogen-bond acceptors (Lipinski definition) is 3. The smallest absolute Gasteiger partial charge is 0.475 e. The number of alkyl halides is 5. The summed E-state index contributed by atoms with van der Waals surface area (Å²) >= 11 is 4.98. The van der Waals surface area contributed by atoms with Gasteiger partial charge in [-0.3, -0.25) is 4.79 Å². The molecule has 0 saturated heterocycles. The van der Waals surface area contributed by atoms with Crippen LogP contribution in [-0.2, 0) is 9.59 Å². The largest absolute Gasteiger partial charge is 0.490 e. The van der Waals surface area contributed by atoms with Gasteiger partial charge >= 0.3 is 12.1 Å². The van der Waals surface area contributed by atoms with Crippen LogP contribution in [0.2, 0.25) is 0 Å². The zero-order chi connectivity index (χ0) is 20.9. The van der Waals surface area contributed by atoms with Gasteiger partial charge in [-0.25, -0.2) is 18.3 Å². The zero-order valence-electron chi connectivity index (χ0n) is 13.8. The Morgan fingerprint density at radius 2 is 1.81 bits per heavy atom. The number of nitrogens with zero attached hydrogens (tertiary/aromatic N) is 2. The lowest BCUT2D eigenvalue weighted by Crippen LogP contribution is -2.21. The molecule has 2 aromatic rings. The number of hydrogen-bond donors (Lipinski definition) is 2. The van der Waals surface area contributed by atoms with Gasteiger partial charge in [0, 0.05) is 11.4 Å². The first-order valence-electron chi connectivity index (χ1n) is 7.05. The number of rotatable bonds is 3. The highest BCUT2D eigenvalue weighted by Gasteiger charge is 2.38. The maximum atomic E-state index is 14.0. The second-order valence-electron chi connectivity index (χ2n) is 5.10. The van der Waals surface area contributed by atoms with Crippen molar-refractivity contribution in [1.82, 2.24) is 9.78 Å². The first-order chi connectivity index (χ1) is 12.3. The summed E-state index contributed by atoms with van der Waals surface area (Å²) in [5.41, 5.74) is -0.254. The first kappa shape index (κ1) is 22.4. The Kier molecular flexibility index (Phi) is 7.28. The van der Waals surface area contributed by atoms with E-state index in [0.717, 1.165) is 17.5 Å². The van der Waals surface area contributed by atoms with Crippen LogP contribution in [0, 0.1) is 19.7 Å². The molecule has 0 fully saturated rings. The van der Waals surface area contributed by atoms with Crippen LogP contribution < -0.4 is 5.32 Å². The molecule has 1 aromatic heterocycles. The Balaban J connectivity index is 0.000000445. The van der Waals surface area contributed by atoms with Crippen molar-refractivity contribution in [2.45, 2.75) is 25.7 Å². The van der Waals surface area contributed by atoms with E-state index in [1.54, 1.807) is 13.8 Å². The highest BCUT2D eigenvalue weighted by atomic mass is 35.5. The predicted octanol–water partition coefficient (Wildman–Crippen LogP) is 3.73. The first-order valence-corrected chi connectivity index (χ1v) is 7.49. The highest BCUT2D eigenvalue weighted by molar-refractivity contribution is 6.31. The van der Waals surface area contributed by atoms with Crippen LogP contribution in [0.4, 0.5) is 27.6 Å². The number of halogens is 6. The van der Waals surface area contributed by atoms with Crippen molar-refractivity contribution in [3.63, 3.8) is 0 Å². The maximum Gasteiger partial charge on any atom is 0.490 e. The van der Waals surface area contributed by atoms with Gasteiger partial charge in [0.15, 0.2) is 5.82 Å². The molecule has 1 unspecified atom stereocenters. The van der Waals surface area contributed by atoms with Crippen molar-refractivity contribution in [2.24, 2.45) is 0 Å². The van der Waals surface area contributed by atoms with Gasteiger partial charge in [0.2, 0.25) is 0 Å². The van der Waals surface area contributed by atoms with Crippen molar-refractivity contribution in [1.29, 1.82) is 0 Å². The van der Waals surface area contributed by atoms with Gasteiger partial charge in [-0.05, 0) is 38.1 Å². The molecule has 0 radical (unpaired) electrons. The molecular weight excluding hydrogens is 401 g/mol. The summed E-state index contributed by atoms with van der Waals surface area (Å²) in [4.78, 5) is 20.0. The number of carboxylic acids is 1. The van der Waals surface area contributed by atoms with Crippen molar-refractivity contribution in [2.75, 3.05) is 5.32 Å². The van der Waals surface area contributed by atoms with Crippen molar-refractivity contribution >= 4 is 29.2 Å². The molecule has 2 rings (SSSR count). The number of carbonyl (C=O) groups excluding carboxylic acids is 1. The molecule has 6 nitrogen and oxygen atoms in total. The third-order valence-corrected chi connectivity index (χ3v) is 3.09. The molecule has 0 aliphatic rings. The number of aromatic nitrogens is 2. The molecule has 0 saturated carbocycles. The quantitative estimate of drug-likeness (QED) is 0.593. The summed E-state index contributed by atoms with van der Waals surface area (Å²) in [5, 5.41) is 13.5. The average molecular weight is 414 g/mol. The molecule has 0 aliphatic carbocycles. The van der Waals surface area contributed by atoms with Gasteiger partial charge in [0.1, 0.15) is 5.69 Å². The van der Waals surface area contributed by atoms with E-state index < -0.39 is 29.5 Å². The maximum absolute atomic E-state index is 14.0. The number of carbonyl (C=O) groups is 2. The standard InChI is InChI=1S/C13H12ClF2N3O.C2HF3O2/c1-7-5-8(2)19(18-7)11-4-3-9(6-10(11)15)17-13(20)12(14)16;3-2(4,5)1(6)7/h3-6,12H,1-2H3,(H,17,20);(H,6,7). The van der Waals surface area contributed by atoms with Crippen molar-refractivity contribution in [3.8, 4) is 5.69 Å². The molecule has 1 amide bonds. The Morgan fingerprint density at radius 1 is 1.26 bits per heavy atom. The number of anilines is 1. The van der Waals surface area contributed by atoms with Gasteiger partial charge in [0.05, 0.1) is 5.69 Å². The van der Waals surface area contributed by atoms with E-state index in [-0.39, 0.29) is 11.4 Å². The van der Waals surface area contributed by atoms with Gasteiger partial charge in [-0.15, -0.1) is 0 Å². The number of nitrogens with one attached hydrogen (secondary N) is 1. The summed E-state index contributed by atoms with van der Waals surface area (Å²) in [6.07, 6.45) is -5.08. The topological polar surface area (TPSA) is 84.2 Å². The van der Waals surface area contributed by atoms with E-state index in [2.05, 4.69) is 10.4 Å². The summed E-state index contributed by atoms with van der Waals surface area (Å²) in [6, 6.07) is 5.80. The molecular formula is C15H13ClF5N3O3. The normalized spacial score (nSPS) is 12.0. The lowest BCUT2D eigenvalue weighted by molar-refractivity contribution is -0.192. The number of amides is 1. The molecule has 0 aliphatic heterocycles. The number of carboxylic acid groups (broad SMARTS) is 1. The predicted molar refractivity (Wildman–Crippen MR) is 86.1 cm³/mol. The molecule has 1 aromatic carbocycles. The molecule has 12 heteroatoms. The summed E-state index contributed by atoms with van der Waals surface area (Å²) < 4.78 is 59.8. The van der Waals surface area contributed by atoms with E-state index in [9.17, 15) is 26.7 Å². The Labute approximate surface area is 154 Å². The second-order valence-corrected chi connectivity index (χ2v) is 5.48. The minimum absolute atomic E-state index is 0.126. The van der Waals surface area contributed by atoms with Crippen molar-refractivity contribution in [3.05, 3.63) is 41.5 Å². The Bertz CT molecular complexity index is 837. The minimum atomic E-state index is -5.08. The van der Waals surface area contributed by atoms with Crippen LogP contribution in [0.5, 0.6) is 0 Å². The van der Waals surface area contributed by atoms with Gasteiger partial charge in [-0.1, -0.05) is 11.6 Å². The number of benzene rings is 1. The van der Waals surface area contributed by atoms with E-state index in [1.165, 1.54) is 16.8 Å². The van der Waals surface area contributed by atoms with Gasteiger partial charge in [0.25, 0.3) is 11.5 Å². The number of aryl methyl sites for hydroxylation is 2. The molecule has 2 N–H and O–H groups in total. The second kappa shape index (κ2) is 8.80. The van der Waals surface area contributed by atoms with E-state index >= 15 is 0 Å². The van der Waals surface area contributed by atoms with Crippen LogP contribution in [0.25, 0.3) is 5.69 Å². The van der Waals surface area contributed by atoms with Crippen molar-refractivity contribution < 1.29 is 36.6 Å². The number of aliphatic carboxylic acids is 1. The van der Waals surface area contributed by atoms with E-state index in [0.29, 0.717) is 0 Å². The van der Waals surface area contributed by atoms with Crippen LogP contribution in [0.3, 0.4) is 0 Å².